The molecule has 0 unspecified atom stereocenters. The lowest BCUT2D eigenvalue weighted by molar-refractivity contribution is -0.120. The summed E-state index contributed by atoms with van der Waals surface area (Å²) >= 11 is 1.23. The number of esters is 1. The third-order valence-corrected chi connectivity index (χ3v) is 3.46. The normalized spacial score (nSPS) is 10.1. The smallest absolute Gasteiger partial charge is 0.350 e. The van der Waals surface area contributed by atoms with E-state index in [0.717, 1.165) is 6.42 Å². The Kier molecular flexibility index (Phi) is 6.27. The fraction of sp³-hybridized carbons (Fsp3) is 0.583. The third-order valence-electron chi connectivity index (χ3n) is 2.37. The van der Waals surface area contributed by atoms with Gasteiger partial charge in [-0.05, 0) is 13.3 Å². The lowest BCUT2D eigenvalue weighted by Gasteiger charge is -2.03. The van der Waals surface area contributed by atoms with Crippen LogP contribution in [0.2, 0.25) is 0 Å². The standard InChI is InChI=1S/C12H19N3O3S/c1-4-6-13-9(16)5-7-14-12-15-8(2)10(19-12)11(17)18-3/h4-7H2,1-3H3,(H,13,16)(H,14,15). The van der Waals surface area contributed by atoms with Gasteiger partial charge in [-0.15, -0.1) is 0 Å². The van der Waals surface area contributed by atoms with Gasteiger partial charge in [0.2, 0.25) is 5.91 Å². The van der Waals surface area contributed by atoms with Gasteiger partial charge >= 0.3 is 5.97 Å². The van der Waals surface area contributed by atoms with Crippen LogP contribution in [0.15, 0.2) is 0 Å². The van der Waals surface area contributed by atoms with Crippen molar-refractivity contribution in [2.45, 2.75) is 26.7 Å². The van der Waals surface area contributed by atoms with Crippen molar-refractivity contribution in [2.75, 3.05) is 25.5 Å². The molecule has 106 valence electrons. The number of anilines is 1. The number of ether oxygens (including phenoxy) is 1. The molecule has 0 aliphatic rings. The fourth-order valence-electron chi connectivity index (χ4n) is 1.39. The molecule has 0 saturated heterocycles. The van der Waals surface area contributed by atoms with E-state index in [1.165, 1.54) is 18.4 Å². The predicted molar refractivity (Wildman–Crippen MR) is 74.6 cm³/mol. The number of aromatic nitrogens is 1. The van der Waals surface area contributed by atoms with E-state index in [-0.39, 0.29) is 11.9 Å². The molecule has 0 aliphatic heterocycles. The summed E-state index contributed by atoms with van der Waals surface area (Å²) in [5, 5.41) is 6.45. The molecular formula is C12H19N3O3S. The van der Waals surface area contributed by atoms with Crippen molar-refractivity contribution in [3.05, 3.63) is 10.6 Å². The van der Waals surface area contributed by atoms with Crippen molar-refractivity contribution in [3.8, 4) is 0 Å². The molecule has 1 aromatic heterocycles. The summed E-state index contributed by atoms with van der Waals surface area (Å²) in [5.74, 6) is -0.375. The van der Waals surface area contributed by atoms with Crippen LogP contribution in [0, 0.1) is 6.92 Å². The van der Waals surface area contributed by atoms with Gasteiger partial charge in [-0.1, -0.05) is 18.3 Å². The molecule has 1 amide bonds. The Labute approximate surface area is 116 Å². The molecule has 0 saturated carbocycles. The number of methoxy groups -OCH3 is 1. The minimum Gasteiger partial charge on any atom is -0.465 e. The topological polar surface area (TPSA) is 80.3 Å². The van der Waals surface area contributed by atoms with Gasteiger partial charge in [0.25, 0.3) is 0 Å². The van der Waals surface area contributed by atoms with Crippen molar-refractivity contribution in [1.82, 2.24) is 10.3 Å². The number of aryl methyl sites for hydroxylation is 1. The highest BCUT2D eigenvalue weighted by molar-refractivity contribution is 7.17. The van der Waals surface area contributed by atoms with Crippen molar-refractivity contribution in [2.24, 2.45) is 0 Å². The van der Waals surface area contributed by atoms with Crippen LogP contribution < -0.4 is 10.6 Å². The van der Waals surface area contributed by atoms with Gasteiger partial charge in [-0.25, -0.2) is 9.78 Å². The molecule has 1 heterocycles. The van der Waals surface area contributed by atoms with Gasteiger partial charge in [0.1, 0.15) is 4.88 Å². The van der Waals surface area contributed by atoms with E-state index in [0.29, 0.717) is 35.2 Å². The van der Waals surface area contributed by atoms with Crippen LogP contribution in [-0.4, -0.2) is 37.1 Å². The monoisotopic (exact) mass is 285 g/mol. The third kappa shape index (κ3) is 4.86. The number of nitrogens with one attached hydrogen (secondary N) is 2. The number of hydrogen-bond donors (Lipinski definition) is 2. The van der Waals surface area contributed by atoms with Crippen molar-refractivity contribution < 1.29 is 14.3 Å². The maximum absolute atomic E-state index is 11.4. The first-order valence-corrected chi connectivity index (χ1v) is 6.96. The van der Waals surface area contributed by atoms with Gasteiger partial charge in [-0.3, -0.25) is 4.79 Å². The summed E-state index contributed by atoms with van der Waals surface area (Å²) in [6.07, 6.45) is 1.31. The van der Waals surface area contributed by atoms with Crippen molar-refractivity contribution >= 4 is 28.3 Å². The minimum atomic E-state index is -0.385. The Morgan fingerprint density at radius 2 is 2.11 bits per heavy atom. The average Bonchev–Trinajstić information content (AvgIpc) is 2.76. The molecule has 0 aromatic carbocycles. The van der Waals surface area contributed by atoms with Crippen LogP contribution in [-0.2, 0) is 9.53 Å². The number of rotatable bonds is 7. The van der Waals surface area contributed by atoms with Gasteiger partial charge < -0.3 is 15.4 Å². The molecule has 2 N–H and O–H groups in total. The Hall–Kier alpha value is -1.63. The van der Waals surface area contributed by atoms with Crippen LogP contribution >= 0.6 is 11.3 Å². The Bertz CT molecular complexity index is 445. The molecule has 0 spiro atoms. The largest absolute Gasteiger partial charge is 0.465 e. The molecule has 1 aromatic rings. The van der Waals surface area contributed by atoms with Crippen molar-refractivity contribution in [1.29, 1.82) is 0 Å². The van der Waals surface area contributed by atoms with Crippen LogP contribution in [0.3, 0.4) is 0 Å². The predicted octanol–water partition coefficient (Wildman–Crippen LogP) is 1.57. The summed E-state index contributed by atoms with van der Waals surface area (Å²) < 4.78 is 4.66. The van der Waals surface area contributed by atoms with E-state index in [1.54, 1.807) is 6.92 Å². The van der Waals surface area contributed by atoms with E-state index in [9.17, 15) is 9.59 Å². The molecule has 0 aliphatic carbocycles. The van der Waals surface area contributed by atoms with Gasteiger partial charge in [0.05, 0.1) is 12.8 Å². The van der Waals surface area contributed by atoms with Crippen LogP contribution in [0.1, 0.15) is 35.1 Å². The Balaban J connectivity index is 2.42. The maximum atomic E-state index is 11.4. The summed E-state index contributed by atoms with van der Waals surface area (Å²) in [6, 6.07) is 0. The Morgan fingerprint density at radius 3 is 2.74 bits per heavy atom. The minimum absolute atomic E-state index is 0.0100. The average molecular weight is 285 g/mol. The summed E-state index contributed by atoms with van der Waals surface area (Å²) in [6.45, 7) is 4.94. The molecule has 7 heteroatoms. The molecule has 19 heavy (non-hydrogen) atoms. The first-order chi connectivity index (χ1) is 9.08. The zero-order valence-corrected chi connectivity index (χ0v) is 12.2. The second kappa shape index (κ2) is 7.73. The lowest BCUT2D eigenvalue weighted by Crippen LogP contribution is -2.25. The maximum Gasteiger partial charge on any atom is 0.350 e. The molecule has 0 atom stereocenters. The van der Waals surface area contributed by atoms with E-state index in [1.807, 2.05) is 6.92 Å². The number of thiazole rings is 1. The van der Waals surface area contributed by atoms with Gasteiger partial charge in [-0.2, -0.15) is 0 Å². The van der Waals surface area contributed by atoms with E-state index in [4.69, 9.17) is 0 Å². The molecule has 0 radical (unpaired) electrons. The lowest BCUT2D eigenvalue weighted by atomic mass is 10.4. The first kappa shape index (κ1) is 15.4. The van der Waals surface area contributed by atoms with Crippen molar-refractivity contribution in [3.63, 3.8) is 0 Å². The van der Waals surface area contributed by atoms with Crippen LogP contribution in [0.5, 0.6) is 0 Å². The van der Waals surface area contributed by atoms with E-state index in [2.05, 4.69) is 20.4 Å². The first-order valence-electron chi connectivity index (χ1n) is 6.14. The Morgan fingerprint density at radius 1 is 1.37 bits per heavy atom. The summed E-state index contributed by atoms with van der Waals surface area (Å²) in [5.41, 5.74) is 0.634. The zero-order chi connectivity index (χ0) is 14.3. The SMILES string of the molecule is CCCNC(=O)CCNc1nc(C)c(C(=O)OC)s1. The molecular weight excluding hydrogens is 266 g/mol. The van der Waals surface area contributed by atoms with Gasteiger partial charge in [0, 0.05) is 19.5 Å². The van der Waals surface area contributed by atoms with E-state index >= 15 is 0 Å². The molecule has 6 nitrogen and oxygen atoms in total. The number of nitrogens with zero attached hydrogens (tertiary/aromatic N) is 1. The zero-order valence-electron chi connectivity index (χ0n) is 11.4. The van der Waals surface area contributed by atoms with Gasteiger partial charge in [0.15, 0.2) is 5.13 Å². The number of amides is 1. The highest BCUT2D eigenvalue weighted by Crippen LogP contribution is 2.22. The molecule has 0 bridgehead atoms. The molecule has 1 rings (SSSR count). The highest BCUT2D eigenvalue weighted by Gasteiger charge is 2.15. The number of hydrogen-bond acceptors (Lipinski definition) is 6. The second-order valence-electron chi connectivity index (χ2n) is 3.95. The van der Waals surface area contributed by atoms with Crippen LogP contribution in [0.25, 0.3) is 0 Å². The van der Waals surface area contributed by atoms with E-state index < -0.39 is 0 Å². The van der Waals surface area contributed by atoms with Crippen LogP contribution in [0.4, 0.5) is 5.13 Å². The summed E-state index contributed by atoms with van der Waals surface area (Å²) in [7, 11) is 1.34. The fourth-order valence-corrected chi connectivity index (χ4v) is 2.30. The molecule has 0 fully saturated rings. The second-order valence-corrected chi connectivity index (χ2v) is 4.95. The summed E-state index contributed by atoms with van der Waals surface area (Å²) in [4.78, 5) is 27.5. The number of carbonyl (C=O) groups excluding carboxylic acids is 2. The quantitative estimate of drug-likeness (QED) is 0.743. The highest BCUT2D eigenvalue weighted by atomic mass is 32.1. The number of carbonyl (C=O) groups is 2.